The zero-order valence-corrected chi connectivity index (χ0v) is 31.2. The molecular formula is C52H30N6O. The van der Waals surface area contributed by atoms with Gasteiger partial charge in [-0.1, -0.05) is 109 Å². The van der Waals surface area contributed by atoms with Crippen LogP contribution in [-0.4, -0.2) is 24.1 Å². The Bertz CT molecular complexity index is 3870. The van der Waals surface area contributed by atoms with Gasteiger partial charge < -0.3 is 13.6 Å². The maximum absolute atomic E-state index is 11.1. The number of hydrogen-bond acceptors (Lipinski definition) is 5. The van der Waals surface area contributed by atoms with E-state index in [1.807, 2.05) is 132 Å². The van der Waals surface area contributed by atoms with Gasteiger partial charge in [0.1, 0.15) is 17.2 Å². The summed E-state index contributed by atoms with van der Waals surface area (Å²) >= 11 is 0. The Morgan fingerprint density at radius 1 is 0.492 bits per heavy atom. The summed E-state index contributed by atoms with van der Waals surface area (Å²) in [5.74, 6) is 0.664. The minimum Gasteiger partial charge on any atom is -0.456 e. The standard InChI is InChI=1S/C52H30N6O/c53-31-35-29-33(51-54-50(32-13-3-1-4-14-32)55-52(56-51)34-24-28-47-41(30-34)38-18-9-12-22-46(38)59-47)23-26-42(35)58-43-20-10-7-17-37(43)39-25-27-45-48(49(39)58)40-19-8-11-21-44(40)57(45)36-15-5-2-6-16-36/h1-30H/i23D,26D,29D. The van der Waals surface area contributed by atoms with Crippen molar-refractivity contribution in [2.45, 2.75) is 0 Å². The van der Waals surface area contributed by atoms with E-state index in [0.717, 1.165) is 71.2 Å². The summed E-state index contributed by atoms with van der Waals surface area (Å²) in [5, 5.41) is 16.7. The van der Waals surface area contributed by atoms with Crippen LogP contribution in [0.25, 0.3) is 111 Å². The first-order valence-corrected chi connectivity index (χ1v) is 19.3. The van der Waals surface area contributed by atoms with Gasteiger partial charge in [-0.15, -0.1) is 0 Å². The van der Waals surface area contributed by atoms with Crippen LogP contribution in [-0.2, 0) is 0 Å². The smallest absolute Gasteiger partial charge is 0.164 e. The summed E-state index contributed by atoms with van der Waals surface area (Å²) in [5.41, 5.74) is 7.38. The van der Waals surface area contributed by atoms with Crippen LogP contribution in [0, 0.1) is 11.3 Å². The van der Waals surface area contributed by atoms with Gasteiger partial charge in [0.15, 0.2) is 17.5 Å². The van der Waals surface area contributed by atoms with Crippen molar-refractivity contribution in [1.82, 2.24) is 24.1 Å². The number of fused-ring (bicyclic) bond motifs is 10. The molecule has 0 saturated heterocycles. The summed E-state index contributed by atoms with van der Waals surface area (Å²) in [6, 6.07) is 55.1. The average molecular weight is 758 g/mol. The lowest BCUT2D eigenvalue weighted by molar-refractivity contribution is 0.669. The summed E-state index contributed by atoms with van der Waals surface area (Å²) in [4.78, 5) is 14.7. The normalized spacial score (nSPS) is 12.4. The van der Waals surface area contributed by atoms with Gasteiger partial charge in [-0.3, -0.25) is 0 Å². The Hall–Kier alpha value is -8.34. The van der Waals surface area contributed by atoms with Gasteiger partial charge in [-0.2, -0.15) is 5.26 Å². The van der Waals surface area contributed by atoms with Crippen LogP contribution in [0.2, 0.25) is 0 Å². The van der Waals surface area contributed by atoms with Crippen LogP contribution in [0.15, 0.2) is 186 Å². The van der Waals surface area contributed by atoms with Crippen molar-refractivity contribution in [3.8, 4) is 51.6 Å². The molecule has 4 aromatic heterocycles. The van der Waals surface area contributed by atoms with E-state index in [2.05, 4.69) is 47.0 Å². The van der Waals surface area contributed by atoms with Gasteiger partial charge in [-0.05, 0) is 72.7 Å². The number of aromatic nitrogens is 5. The largest absolute Gasteiger partial charge is 0.456 e. The van der Waals surface area contributed by atoms with E-state index in [1.165, 1.54) is 0 Å². The van der Waals surface area contributed by atoms with Crippen molar-refractivity contribution in [2.24, 2.45) is 0 Å². The minimum atomic E-state index is -0.277. The second kappa shape index (κ2) is 12.8. The monoisotopic (exact) mass is 757 g/mol. The third-order valence-corrected chi connectivity index (χ3v) is 11.1. The molecule has 0 aliphatic carbocycles. The second-order valence-electron chi connectivity index (χ2n) is 14.5. The molecule has 0 N–H and O–H groups in total. The fourth-order valence-electron chi connectivity index (χ4n) is 8.55. The summed E-state index contributed by atoms with van der Waals surface area (Å²) in [6.45, 7) is 0. The maximum atomic E-state index is 11.1. The lowest BCUT2D eigenvalue weighted by atomic mass is 10.1. The highest BCUT2D eigenvalue weighted by atomic mass is 16.3. The lowest BCUT2D eigenvalue weighted by Gasteiger charge is -2.13. The molecule has 0 amide bonds. The molecule has 0 radical (unpaired) electrons. The summed E-state index contributed by atoms with van der Waals surface area (Å²) in [7, 11) is 0. The minimum absolute atomic E-state index is 0.0214. The van der Waals surface area contributed by atoms with E-state index in [0.29, 0.717) is 22.8 Å². The van der Waals surface area contributed by atoms with Crippen LogP contribution in [0.5, 0.6) is 0 Å². The molecule has 0 spiro atoms. The molecule has 0 fully saturated rings. The third kappa shape index (κ3) is 5.04. The Morgan fingerprint density at radius 2 is 1.12 bits per heavy atom. The highest BCUT2D eigenvalue weighted by Crippen LogP contribution is 2.43. The molecule has 0 aliphatic rings. The SMILES string of the molecule is [2H]c1c([2H])c(-n2c3ccccc3c3ccc4c(c5ccccc5n4-c4ccccc4)c32)c(C#N)c([2H])c1-c1nc(-c2ccccc2)nc(-c2ccc3oc4ccccc4c3c2)n1. The van der Waals surface area contributed by atoms with Crippen LogP contribution in [0.1, 0.15) is 9.68 Å². The molecule has 59 heavy (non-hydrogen) atoms. The van der Waals surface area contributed by atoms with Crippen molar-refractivity contribution in [3.05, 3.63) is 187 Å². The lowest BCUT2D eigenvalue weighted by Crippen LogP contribution is -2.02. The van der Waals surface area contributed by atoms with E-state index in [4.69, 9.17) is 19.4 Å². The fraction of sp³-hybridized carbons (Fsp3) is 0. The zero-order chi connectivity index (χ0) is 41.6. The van der Waals surface area contributed by atoms with E-state index < -0.39 is 0 Å². The zero-order valence-electron chi connectivity index (χ0n) is 34.2. The maximum Gasteiger partial charge on any atom is 0.164 e. The number of hydrogen-bond donors (Lipinski definition) is 0. The van der Waals surface area contributed by atoms with Crippen LogP contribution >= 0.6 is 0 Å². The first-order chi connectivity index (χ1) is 30.5. The Morgan fingerprint density at radius 3 is 1.90 bits per heavy atom. The highest BCUT2D eigenvalue weighted by molar-refractivity contribution is 6.26. The molecule has 7 nitrogen and oxygen atoms in total. The Balaban J connectivity index is 1.14. The van der Waals surface area contributed by atoms with Gasteiger partial charge in [0.25, 0.3) is 0 Å². The van der Waals surface area contributed by atoms with Gasteiger partial charge >= 0.3 is 0 Å². The topological polar surface area (TPSA) is 85.5 Å². The molecule has 12 rings (SSSR count). The quantitative estimate of drug-likeness (QED) is 0.174. The van der Waals surface area contributed by atoms with E-state index in [-0.39, 0.29) is 40.8 Å². The molecule has 8 aromatic carbocycles. The molecule has 0 bridgehead atoms. The molecular weight excluding hydrogens is 725 g/mol. The van der Waals surface area contributed by atoms with Gasteiger partial charge in [0.05, 0.1) is 37.4 Å². The van der Waals surface area contributed by atoms with E-state index >= 15 is 0 Å². The third-order valence-electron chi connectivity index (χ3n) is 11.1. The van der Waals surface area contributed by atoms with E-state index in [9.17, 15) is 9.37 Å². The number of para-hydroxylation sites is 4. The number of nitrogens with zero attached hydrogens (tertiary/aromatic N) is 6. The first-order valence-electron chi connectivity index (χ1n) is 20.8. The Kier molecular flexibility index (Phi) is 6.51. The van der Waals surface area contributed by atoms with Gasteiger partial charge in [0, 0.05) is 54.7 Å². The highest BCUT2D eigenvalue weighted by Gasteiger charge is 2.23. The summed E-state index contributed by atoms with van der Waals surface area (Å²) < 4.78 is 39.5. The number of nitriles is 1. The Labute approximate surface area is 341 Å². The van der Waals surface area contributed by atoms with Crippen LogP contribution in [0.4, 0.5) is 0 Å². The fourth-order valence-corrected chi connectivity index (χ4v) is 8.55. The average Bonchev–Trinajstić information content (AvgIpc) is 3.98. The summed E-state index contributed by atoms with van der Waals surface area (Å²) in [6.07, 6.45) is 0. The van der Waals surface area contributed by atoms with Crippen LogP contribution < -0.4 is 0 Å². The molecule has 0 unspecified atom stereocenters. The van der Waals surface area contributed by atoms with E-state index in [1.54, 1.807) is 0 Å². The van der Waals surface area contributed by atoms with Crippen molar-refractivity contribution in [2.75, 3.05) is 0 Å². The van der Waals surface area contributed by atoms with Crippen molar-refractivity contribution in [3.63, 3.8) is 0 Å². The predicted molar refractivity (Wildman–Crippen MR) is 237 cm³/mol. The van der Waals surface area contributed by atoms with Gasteiger partial charge in [-0.25, -0.2) is 15.0 Å². The predicted octanol–water partition coefficient (Wildman–Crippen LogP) is 12.8. The molecule has 4 heterocycles. The van der Waals surface area contributed by atoms with Crippen LogP contribution in [0.3, 0.4) is 0 Å². The van der Waals surface area contributed by atoms with Crippen molar-refractivity contribution < 1.29 is 8.53 Å². The first kappa shape index (κ1) is 29.9. The number of furan rings is 1. The second-order valence-corrected chi connectivity index (χ2v) is 14.5. The molecule has 7 heteroatoms. The molecule has 12 aromatic rings. The molecule has 0 aliphatic heterocycles. The molecule has 0 atom stereocenters. The van der Waals surface area contributed by atoms with Gasteiger partial charge in [0.2, 0.25) is 0 Å². The number of rotatable bonds is 5. The number of benzene rings is 8. The molecule has 0 saturated carbocycles. The molecule has 274 valence electrons. The van der Waals surface area contributed by atoms with Crippen molar-refractivity contribution in [1.29, 1.82) is 5.26 Å². The van der Waals surface area contributed by atoms with Crippen molar-refractivity contribution >= 4 is 65.6 Å².